The molecular formula is C13H14BrN5O. The van der Waals surface area contributed by atoms with E-state index in [2.05, 4.69) is 31.1 Å². The minimum absolute atomic E-state index is 0.0364. The first-order chi connectivity index (χ1) is 9.60. The van der Waals surface area contributed by atoms with Crippen LogP contribution in [0.1, 0.15) is 11.3 Å². The summed E-state index contributed by atoms with van der Waals surface area (Å²) in [5.74, 6) is 0.475. The SMILES string of the molecule is CN(Cc1ccc(Br)cc1)c1nccc(/C(N)=N/O)n1. The molecule has 0 radical (unpaired) electrons. The maximum atomic E-state index is 8.66. The summed E-state index contributed by atoms with van der Waals surface area (Å²) < 4.78 is 1.04. The highest BCUT2D eigenvalue weighted by Crippen LogP contribution is 2.14. The van der Waals surface area contributed by atoms with Crippen molar-refractivity contribution in [3.8, 4) is 0 Å². The Morgan fingerprint density at radius 2 is 2.05 bits per heavy atom. The maximum absolute atomic E-state index is 8.66. The van der Waals surface area contributed by atoms with Crippen LogP contribution in [0.5, 0.6) is 0 Å². The highest BCUT2D eigenvalue weighted by Gasteiger charge is 2.08. The minimum atomic E-state index is -0.0364. The molecule has 0 saturated heterocycles. The molecule has 0 saturated carbocycles. The van der Waals surface area contributed by atoms with Gasteiger partial charge in [-0.15, -0.1) is 0 Å². The molecule has 0 unspecified atom stereocenters. The molecule has 0 bridgehead atoms. The van der Waals surface area contributed by atoms with Crippen LogP contribution < -0.4 is 10.6 Å². The molecule has 3 N–H and O–H groups in total. The zero-order valence-electron chi connectivity index (χ0n) is 10.9. The molecule has 1 heterocycles. The number of nitrogens with zero attached hydrogens (tertiary/aromatic N) is 4. The maximum Gasteiger partial charge on any atom is 0.226 e. The second kappa shape index (κ2) is 6.33. The van der Waals surface area contributed by atoms with Gasteiger partial charge in [-0.25, -0.2) is 9.97 Å². The summed E-state index contributed by atoms with van der Waals surface area (Å²) in [7, 11) is 1.88. The Morgan fingerprint density at radius 1 is 1.35 bits per heavy atom. The van der Waals surface area contributed by atoms with E-state index in [-0.39, 0.29) is 5.84 Å². The van der Waals surface area contributed by atoms with Crippen LogP contribution in [0.2, 0.25) is 0 Å². The van der Waals surface area contributed by atoms with E-state index < -0.39 is 0 Å². The Labute approximate surface area is 125 Å². The van der Waals surface area contributed by atoms with Crippen molar-refractivity contribution >= 4 is 27.7 Å². The molecule has 20 heavy (non-hydrogen) atoms. The third kappa shape index (κ3) is 3.45. The first-order valence-electron chi connectivity index (χ1n) is 5.86. The number of aromatic nitrogens is 2. The molecule has 2 rings (SSSR count). The van der Waals surface area contributed by atoms with Gasteiger partial charge in [0.05, 0.1) is 0 Å². The summed E-state index contributed by atoms with van der Waals surface area (Å²) in [4.78, 5) is 10.3. The molecule has 2 aromatic rings. The Bertz CT molecular complexity index is 614. The van der Waals surface area contributed by atoms with Gasteiger partial charge in [-0.1, -0.05) is 33.2 Å². The number of oxime groups is 1. The molecule has 0 aliphatic heterocycles. The van der Waals surface area contributed by atoms with Crippen molar-refractivity contribution in [1.29, 1.82) is 0 Å². The van der Waals surface area contributed by atoms with Gasteiger partial charge in [-0.05, 0) is 23.8 Å². The molecule has 0 aliphatic carbocycles. The second-order valence-corrected chi connectivity index (χ2v) is 5.13. The third-order valence-electron chi connectivity index (χ3n) is 2.69. The summed E-state index contributed by atoms with van der Waals surface area (Å²) in [6.45, 7) is 0.660. The largest absolute Gasteiger partial charge is 0.409 e. The molecular weight excluding hydrogens is 322 g/mol. The van der Waals surface area contributed by atoms with Crippen LogP contribution in [0.25, 0.3) is 0 Å². The fourth-order valence-corrected chi connectivity index (χ4v) is 1.92. The van der Waals surface area contributed by atoms with Gasteiger partial charge >= 0.3 is 0 Å². The van der Waals surface area contributed by atoms with Gasteiger partial charge in [-0.2, -0.15) is 0 Å². The van der Waals surface area contributed by atoms with Gasteiger partial charge in [-0.3, -0.25) is 0 Å². The zero-order valence-corrected chi connectivity index (χ0v) is 12.4. The Morgan fingerprint density at radius 3 is 2.70 bits per heavy atom. The third-order valence-corrected chi connectivity index (χ3v) is 3.22. The van der Waals surface area contributed by atoms with Crippen molar-refractivity contribution in [3.05, 3.63) is 52.3 Å². The lowest BCUT2D eigenvalue weighted by atomic mass is 10.2. The van der Waals surface area contributed by atoms with Crippen LogP contribution in [-0.4, -0.2) is 28.1 Å². The number of hydrogen-bond acceptors (Lipinski definition) is 5. The highest BCUT2D eigenvalue weighted by atomic mass is 79.9. The number of halogens is 1. The molecule has 0 amide bonds. The summed E-state index contributed by atoms with van der Waals surface area (Å²) in [5.41, 5.74) is 7.04. The van der Waals surface area contributed by atoms with Gasteiger partial charge in [0.1, 0.15) is 5.69 Å². The smallest absolute Gasteiger partial charge is 0.226 e. The molecule has 7 heteroatoms. The number of amidine groups is 1. The van der Waals surface area contributed by atoms with Crippen LogP contribution >= 0.6 is 15.9 Å². The first kappa shape index (κ1) is 14.3. The predicted octanol–water partition coefficient (Wildman–Crippen LogP) is 1.97. The van der Waals surface area contributed by atoms with Crippen molar-refractivity contribution in [3.63, 3.8) is 0 Å². The van der Waals surface area contributed by atoms with E-state index in [0.29, 0.717) is 18.2 Å². The zero-order chi connectivity index (χ0) is 14.5. The van der Waals surface area contributed by atoms with Crippen molar-refractivity contribution in [1.82, 2.24) is 9.97 Å². The summed E-state index contributed by atoms with van der Waals surface area (Å²) in [6.07, 6.45) is 1.58. The van der Waals surface area contributed by atoms with E-state index >= 15 is 0 Å². The molecule has 0 spiro atoms. The molecule has 1 aromatic heterocycles. The van der Waals surface area contributed by atoms with E-state index in [1.807, 2.05) is 36.2 Å². The second-order valence-electron chi connectivity index (χ2n) is 4.21. The number of anilines is 1. The average molecular weight is 336 g/mol. The van der Waals surface area contributed by atoms with Crippen molar-refractivity contribution in [2.45, 2.75) is 6.54 Å². The highest BCUT2D eigenvalue weighted by molar-refractivity contribution is 9.10. The standard InChI is InChI=1S/C13H14BrN5O/c1-19(8-9-2-4-10(14)5-3-9)13-16-7-6-11(17-13)12(15)18-20/h2-7,20H,8H2,1H3,(H2,15,18). The fraction of sp³-hybridized carbons (Fsp3) is 0.154. The summed E-state index contributed by atoms with van der Waals surface area (Å²) >= 11 is 3.40. The van der Waals surface area contributed by atoms with Crippen LogP contribution in [0.3, 0.4) is 0 Å². The van der Waals surface area contributed by atoms with Gasteiger partial charge in [0, 0.05) is 24.3 Å². The van der Waals surface area contributed by atoms with Crippen LogP contribution in [0, 0.1) is 0 Å². The lowest BCUT2D eigenvalue weighted by Crippen LogP contribution is -2.22. The van der Waals surface area contributed by atoms with E-state index in [1.54, 1.807) is 12.3 Å². The summed E-state index contributed by atoms with van der Waals surface area (Å²) in [5, 5.41) is 11.6. The van der Waals surface area contributed by atoms with Crippen LogP contribution in [-0.2, 0) is 6.54 Å². The summed E-state index contributed by atoms with van der Waals surface area (Å²) in [6, 6.07) is 9.60. The van der Waals surface area contributed by atoms with Gasteiger partial charge in [0.2, 0.25) is 5.95 Å². The fourth-order valence-electron chi connectivity index (χ4n) is 1.66. The predicted molar refractivity (Wildman–Crippen MR) is 80.8 cm³/mol. The van der Waals surface area contributed by atoms with Gasteiger partial charge in [0.25, 0.3) is 0 Å². The average Bonchev–Trinajstić information content (AvgIpc) is 2.49. The normalized spacial score (nSPS) is 11.4. The molecule has 6 nitrogen and oxygen atoms in total. The number of benzene rings is 1. The van der Waals surface area contributed by atoms with Gasteiger partial charge < -0.3 is 15.8 Å². The van der Waals surface area contributed by atoms with Crippen LogP contribution in [0.15, 0.2) is 46.2 Å². The Kier molecular flexibility index (Phi) is 4.52. The monoisotopic (exact) mass is 335 g/mol. The quantitative estimate of drug-likeness (QED) is 0.386. The number of rotatable bonds is 4. The van der Waals surface area contributed by atoms with E-state index in [0.717, 1.165) is 10.0 Å². The Hall–Kier alpha value is -2.15. The van der Waals surface area contributed by atoms with Gasteiger partial charge in [0.15, 0.2) is 5.84 Å². The lowest BCUT2D eigenvalue weighted by molar-refractivity contribution is 0.318. The van der Waals surface area contributed by atoms with Crippen molar-refractivity contribution < 1.29 is 5.21 Å². The molecule has 104 valence electrons. The van der Waals surface area contributed by atoms with E-state index in [1.165, 1.54) is 0 Å². The molecule has 1 aromatic carbocycles. The van der Waals surface area contributed by atoms with Crippen molar-refractivity contribution in [2.24, 2.45) is 10.9 Å². The molecule has 0 fully saturated rings. The Balaban J connectivity index is 2.16. The number of hydrogen-bond donors (Lipinski definition) is 2. The lowest BCUT2D eigenvalue weighted by Gasteiger charge is -2.17. The van der Waals surface area contributed by atoms with Crippen LogP contribution in [0.4, 0.5) is 5.95 Å². The minimum Gasteiger partial charge on any atom is -0.409 e. The van der Waals surface area contributed by atoms with E-state index in [9.17, 15) is 0 Å². The topological polar surface area (TPSA) is 87.6 Å². The molecule has 0 aliphatic rings. The molecule has 0 atom stereocenters. The first-order valence-corrected chi connectivity index (χ1v) is 6.66. The van der Waals surface area contributed by atoms with E-state index in [4.69, 9.17) is 10.9 Å². The number of nitrogens with two attached hydrogens (primary N) is 1. The van der Waals surface area contributed by atoms with Crippen molar-refractivity contribution in [2.75, 3.05) is 11.9 Å².